The Bertz CT molecular complexity index is 1140. The number of carbonyl (C=O) groups is 3. The van der Waals surface area contributed by atoms with Gasteiger partial charge in [0.25, 0.3) is 0 Å². The minimum absolute atomic E-state index is 0.223. The van der Waals surface area contributed by atoms with Crippen molar-refractivity contribution in [3.05, 3.63) is 64.2 Å². The molecular weight excluding hydrogens is 430 g/mol. The molecule has 2 fully saturated rings. The van der Waals surface area contributed by atoms with Crippen molar-refractivity contribution >= 4 is 35.0 Å². The van der Waals surface area contributed by atoms with Crippen molar-refractivity contribution in [2.45, 2.75) is 38.0 Å². The molecule has 3 aliphatic heterocycles. The van der Waals surface area contributed by atoms with E-state index in [1.54, 1.807) is 19.1 Å². The average Bonchev–Trinajstić information content (AvgIpc) is 3.34. The van der Waals surface area contributed by atoms with Crippen LogP contribution in [0.4, 0.5) is 5.69 Å². The van der Waals surface area contributed by atoms with Crippen LogP contribution in [0.1, 0.15) is 23.6 Å². The molecule has 3 amide bonds. The van der Waals surface area contributed by atoms with E-state index < -0.39 is 41.3 Å². The number of nitrogens with zero attached hydrogens (tertiary/aromatic N) is 1. The second-order valence-corrected chi connectivity index (χ2v) is 9.32. The highest BCUT2D eigenvalue weighted by Crippen LogP contribution is 2.54. The molecule has 0 unspecified atom stereocenters. The van der Waals surface area contributed by atoms with Crippen LogP contribution in [0.25, 0.3) is 0 Å². The zero-order valence-electron chi connectivity index (χ0n) is 17.8. The number of benzene rings is 2. The van der Waals surface area contributed by atoms with Crippen LogP contribution in [-0.4, -0.2) is 46.4 Å². The first-order valence-electron chi connectivity index (χ1n) is 10.7. The molecule has 0 aliphatic carbocycles. The van der Waals surface area contributed by atoms with Crippen LogP contribution in [-0.2, 0) is 26.3 Å². The van der Waals surface area contributed by atoms with Gasteiger partial charge in [-0.2, -0.15) is 0 Å². The Morgan fingerprint density at radius 2 is 1.88 bits per heavy atom. The number of halogens is 1. The summed E-state index contributed by atoms with van der Waals surface area (Å²) < 4.78 is 0. The van der Waals surface area contributed by atoms with E-state index in [1.807, 2.05) is 37.3 Å². The monoisotopic (exact) mass is 453 g/mol. The molecule has 2 saturated heterocycles. The van der Waals surface area contributed by atoms with E-state index in [0.717, 1.165) is 11.1 Å². The highest BCUT2D eigenvalue weighted by atomic mass is 35.5. The van der Waals surface area contributed by atoms with Crippen LogP contribution in [0.2, 0.25) is 5.02 Å². The number of aliphatic hydroxyl groups is 1. The second kappa shape index (κ2) is 7.40. The molecule has 1 spiro atoms. The third-order valence-electron chi connectivity index (χ3n) is 7.00. The number of aliphatic hydroxyl groups excluding tert-OH is 1. The number of aryl methyl sites for hydroxylation is 1. The van der Waals surface area contributed by atoms with E-state index in [-0.39, 0.29) is 12.5 Å². The quantitative estimate of drug-likeness (QED) is 0.615. The van der Waals surface area contributed by atoms with Gasteiger partial charge in [-0.15, -0.1) is 0 Å². The molecule has 32 heavy (non-hydrogen) atoms. The molecule has 0 radical (unpaired) electrons. The molecular formula is C24H24ClN3O4. The maximum absolute atomic E-state index is 13.6. The van der Waals surface area contributed by atoms with Crippen LogP contribution < -0.4 is 10.6 Å². The van der Waals surface area contributed by atoms with Gasteiger partial charge < -0.3 is 10.4 Å². The SMILES string of the molecule is Cc1cc(Cl)cc2c1NC(=O)[C@]21N[C@@H]([C@@H](C)O)[C@H]2C(=O)N(CCc3ccccc3)C(=O)[C@@H]21. The molecule has 2 aromatic rings. The van der Waals surface area contributed by atoms with Gasteiger partial charge in [-0.1, -0.05) is 41.9 Å². The number of nitrogens with one attached hydrogen (secondary N) is 2. The molecule has 8 heteroatoms. The number of amides is 3. The van der Waals surface area contributed by atoms with Crippen LogP contribution >= 0.6 is 11.6 Å². The van der Waals surface area contributed by atoms with Crippen molar-refractivity contribution in [2.24, 2.45) is 11.8 Å². The largest absolute Gasteiger partial charge is 0.392 e. The van der Waals surface area contributed by atoms with E-state index in [0.29, 0.717) is 22.7 Å². The molecule has 5 rings (SSSR count). The van der Waals surface area contributed by atoms with Crippen molar-refractivity contribution in [1.82, 2.24) is 10.2 Å². The summed E-state index contributed by atoms with van der Waals surface area (Å²) >= 11 is 6.31. The summed E-state index contributed by atoms with van der Waals surface area (Å²) in [6.07, 6.45) is -0.421. The fourth-order valence-corrected chi connectivity index (χ4v) is 5.82. The Morgan fingerprint density at radius 3 is 2.56 bits per heavy atom. The highest BCUT2D eigenvalue weighted by Gasteiger charge is 2.71. The summed E-state index contributed by atoms with van der Waals surface area (Å²) in [5, 5.41) is 17.0. The molecule has 3 aliphatic rings. The van der Waals surface area contributed by atoms with Crippen molar-refractivity contribution in [3.8, 4) is 0 Å². The lowest BCUT2D eigenvalue weighted by molar-refractivity contribution is -0.143. The van der Waals surface area contributed by atoms with Crippen LogP contribution in [0, 0.1) is 18.8 Å². The van der Waals surface area contributed by atoms with E-state index in [1.165, 1.54) is 4.90 Å². The number of hydrogen-bond acceptors (Lipinski definition) is 5. The number of anilines is 1. The number of rotatable bonds is 4. The second-order valence-electron chi connectivity index (χ2n) is 8.89. The maximum Gasteiger partial charge on any atom is 0.250 e. The van der Waals surface area contributed by atoms with Gasteiger partial charge in [-0.25, -0.2) is 0 Å². The molecule has 0 bridgehead atoms. The average molecular weight is 454 g/mol. The number of likely N-dealkylation sites (tertiary alicyclic amines) is 1. The number of imide groups is 1. The van der Waals surface area contributed by atoms with E-state index >= 15 is 0 Å². The summed E-state index contributed by atoms with van der Waals surface area (Å²) in [7, 11) is 0. The molecule has 3 N–H and O–H groups in total. The summed E-state index contributed by atoms with van der Waals surface area (Å²) in [5.41, 5.74) is 1.48. The van der Waals surface area contributed by atoms with Crippen molar-refractivity contribution in [3.63, 3.8) is 0 Å². The Hall–Kier alpha value is -2.74. The summed E-state index contributed by atoms with van der Waals surface area (Å²) in [6.45, 7) is 3.62. The minimum Gasteiger partial charge on any atom is -0.392 e. The van der Waals surface area contributed by atoms with Gasteiger partial charge >= 0.3 is 0 Å². The zero-order valence-corrected chi connectivity index (χ0v) is 18.5. The minimum atomic E-state index is -1.45. The zero-order chi connectivity index (χ0) is 22.8. The smallest absolute Gasteiger partial charge is 0.250 e. The lowest BCUT2D eigenvalue weighted by atomic mass is 9.76. The molecule has 0 saturated carbocycles. The van der Waals surface area contributed by atoms with Crippen LogP contribution in [0.5, 0.6) is 0 Å². The lowest BCUT2D eigenvalue weighted by Gasteiger charge is -2.30. The van der Waals surface area contributed by atoms with Gasteiger partial charge in [-0.3, -0.25) is 24.6 Å². The first-order chi connectivity index (χ1) is 15.3. The molecule has 166 valence electrons. The predicted molar refractivity (Wildman–Crippen MR) is 119 cm³/mol. The van der Waals surface area contributed by atoms with Gasteiger partial charge in [-0.05, 0) is 43.5 Å². The number of hydrogen-bond donors (Lipinski definition) is 3. The third-order valence-corrected chi connectivity index (χ3v) is 7.22. The topological polar surface area (TPSA) is 98.7 Å². The molecule has 0 aromatic heterocycles. The normalized spacial score (nSPS) is 29.4. The standard InChI is InChI=1S/C24H24ClN3O4/c1-12-10-15(25)11-16-19(12)26-23(32)24(16)18-17(20(27-24)13(2)29)21(30)28(22(18)31)9-8-14-6-4-3-5-7-14/h3-7,10-11,13,17-18,20,27,29H,8-9H2,1-2H3,(H,26,32)/t13-,17+,18-,20+,24+/m1/s1. The first kappa shape index (κ1) is 21.1. The fraction of sp³-hybridized carbons (Fsp3) is 0.375. The Balaban J connectivity index is 1.58. The molecule has 5 atom stereocenters. The lowest BCUT2D eigenvalue weighted by Crippen LogP contribution is -2.55. The molecule has 2 aromatic carbocycles. The predicted octanol–water partition coefficient (Wildman–Crippen LogP) is 1.99. The van der Waals surface area contributed by atoms with Gasteiger partial charge in [0.05, 0.1) is 17.9 Å². The van der Waals surface area contributed by atoms with Crippen molar-refractivity contribution in [1.29, 1.82) is 0 Å². The highest BCUT2D eigenvalue weighted by molar-refractivity contribution is 6.31. The molecule has 7 nitrogen and oxygen atoms in total. The summed E-state index contributed by atoms with van der Waals surface area (Å²) in [6, 6.07) is 12.3. The molecule has 3 heterocycles. The summed E-state index contributed by atoms with van der Waals surface area (Å²) in [5.74, 6) is -2.95. The number of fused-ring (bicyclic) bond motifs is 4. The Kier molecular flexibility index (Phi) is 4.89. The first-order valence-corrected chi connectivity index (χ1v) is 11.1. The Morgan fingerprint density at radius 1 is 1.16 bits per heavy atom. The van der Waals surface area contributed by atoms with Crippen molar-refractivity contribution < 1.29 is 19.5 Å². The van der Waals surface area contributed by atoms with Crippen LogP contribution in [0.15, 0.2) is 42.5 Å². The number of carbonyl (C=O) groups excluding carboxylic acids is 3. The van der Waals surface area contributed by atoms with Gasteiger partial charge in [0.15, 0.2) is 0 Å². The maximum atomic E-state index is 13.6. The van der Waals surface area contributed by atoms with Gasteiger partial charge in [0.2, 0.25) is 17.7 Å². The van der Waals surface area contributed by atoms with Crippen molar-refractivity contribution in [2.75, 3.05) is 11.9 Å². The van der Waals surface area contributed by atoms with E-state index in [2.05, 4.69) is 10.6 Å². The fourth-order valence-electron chi connectivity index (χ4n) is 5.54. The summed E-state index contributed by atoms with van der Waals surface area (Å²) in [4.78, 5) is 41.7. The Labute approximate surface area is 190 Å². The van der Waals surface area contributed by atoms with Gasteiger partial charge in [0, 0.05) is 28.9 Å². The van der Waals surface area contributed by atoms with Gasteiger partial charge in [0.1, 0.15) is 5.54 Å². The van der Waals surface area contributed by atoms with E-state index in [9.17, 15) is 19.5 Å². The van der Waals surface area contributed by atoms with E-state index in [4.69, 9.17) is 11.6 Å². The van der Waals surface area contributed by atoms with Crippen LogP contribution in [0.3, 0.4) is 0 Å². The third kappa shape index (κ3) is 2.85.